The minimum absolute atomic E-state index is 0.351. The van der Waals surface area contributed by atoms with Crippen LogP contribution in [0.25, 0.3) is 11.4 Å². The number of rotatable bonds is 6. The van der Waals surface area contributed by atoms with Crippen molar-refractivity contribution in [3.63, 3.8) is 0 Å². The zero-order valence-electron chi connectivity index (χ0n) is 15.4. The third kappa shape index (κ3) is 5.46. The van der Waals surface area contributed by atoms with Crippen LogP contribution in [-0.4, -0.2) is 42.8 Å². The minimum Gasteiger partial charge on any atom is -0.279 e. The Morgan fingerprint density at radius 1 is 0.679 bits per heavy atom. The fourth-order valence-electron chi connectivity index (χ4n) is 1.94. The highest BCUT2D eigenvalue weighted by molar-refractivity contribution is 5.79. The Kier molecular flexibility index (Phi) is 6.39. The van der Waals surface area contributed by atoms with Gasteiger partial charge in [0.15, 0.2) is 0 Å². The van der Waals surface area contributed by atoms with E-state index >= 15 is 0 Å². The first-order valence-electron chi connectivity index (χ1n) is 8.36. The predicted molar refractivity (Wildman–Crippen MR) is 105 cm³/mol. The largest absolute Gasteiger partial charge is 0.279 e. The van der Waals surface area contributed by atoms with Gasteiger partial charge in [-0.25, -0.2) is 0 Å². The molecule has 0 fully saturated rings. The van der Waals surface area contributed by atoms with Gasteiger partial charge in [-0.15, -0.1) is 20.4 Å². The lowest BCUT2D eigenvalue weighted by molar-refractivity contribution is 0.750. The lowest BCUT2D eigenvalue weighted by Gasteiger charge is -1.99. The summed E-state index contributed by atoms with van der Waals surface area (Å²) in [6, 6.07) is 7.38. The van der Waals surface area contributed by atoms with Crippen LogP contribution in [0.3, 0.4) is 0 Å². The molecular weight excluding hydrogens is 356 g/mol. The molecule has 0 aliphatic rings. The Morgan fingerprint density at radius 3 is 1.39 bits per heavy atom. The van der Waals surface area contributed by atoms with Gasteiger partial charge in [0.2, 0.25) is 11.0 Å². The summed E-state index contributed by atoms with van der Waals surface area (Å²) in [4.78, 5) is 7.90. The monoisotopic (exact) mass is 374 g/mol. The molecule has 10 nitrogen and oxygen atoms in total. The van der Waals surface area contributed by atoms with Crippen LogP contribution < -0.4 is 21.8 Å². The third-order valence-electron chi connectivity index (χ3n) is 3.45. The van der Waals surface area contributed by atoms with Crippen molar-refractivity contribution in [2.75, 3.05) is 0 Å². The zero-order chi connectivity index (χ0) is 19.6. The summed E-state index contributed by atoms with van der Waals surface area (Å²) in [6.07, 6.45) is 10.1. The van der Waals surface area contributed by atoms with Gasteiger partial charge in [0, 0.05) is 24.8 Å². The molecule has 3 aromatic rings. The molecule has 0 radical (unpaired) electrons. The molecule has 0 atom stereocenters. The molecule has 0 bridgehead atoms. The fourth-order valence-corrected chi connectivity index (χ4v) is 1.94. The summed E-state index contributed by atoms with van der Waals surface area (Å²) in [5.74, 6) is 0. The molecule has 0 aromatic carbocycles. The van der Waals surface area contributed by atoms with Crippen LogP contribution >= 0.6 is 0 Å². The van der Waals surface area contributed by atoms with Crippen LogP contribution in [0, 0.1) is 0 Å². The highest BCUT2D eigenvalue weighted by Gasteiger charge is 1.97. The van der Waals surface area contributed by atoms with Gasteiger partial charge in [0.05, 0.1) is 23.8 Å². The maximum Gasteiger partial charge on any atom is 0.216 e. The first-order valence-corrected chi connectivity index (χ1v) is 8.36. The third-order valence-corrected chi connectivity index (χ3v) is 3.45. The minimum atomic E-state index is 0.351. The number of hydrogen-bond donors (Lipinski definition) is 2. The van der Waals surface area contributed by atoms with Gasteiger partial charge in [-0.2, -0.15) is 10.2 Å². The van der Waals surface area contributed by atoms with Crippen molar-refractivity contribution in [2.24, 2.45) is 10.2 Å². The summed E-state index contributed by atoms with van der Waals surface area (Å²) in [5.41, 5.74) is 9.51. The second-order valence-electron chi connectivity index (χ2n) is 5.60. The van der Waals surface area contributed by atoms with Crippen LogP contribution in [0.4, 0.5) is 0 Å². The average molecular weight is 374 g/mol. The van der Waals surface area contributed by atoms with Gasteiger partial charge in [0.1, 0.15) is 0 Å². The zero-order valence-corrected chi connectivity index (χ0v) is 15.4. The molecular formula is C18H18N10. The van der Waals surface area contributed by atoms with E-state index in [1.165, 1.54) is 0 Å². The normalized spacial score (nSPS) is 10.9. The predicted octanol–water partition coefficient (Wildman–Crippen LogP) is -0.440. The molecule has 0 saturated heterocycles. The summed E-state index contributed by atoms with van der Waals surface area (Å²) in [5, 5.41) is 24.5. The molecule has 0 amide bonds. The van der Waals surface area contributed by atoms with Gasteiger partial charge in [0.25, 0.3) is 0 Å². The Bertz CT molecular complexity index is 966. The first kappa shape index (κ1) is 18.7. The van der Waals surface area contributed by atoms with Gasteiger partial charge in [-0.3, -0.25) is 20.8 Å². The number of hydrogen-bond acceptors (Lipinski definition) is 10. The Balaban J connectivity index is 1.67. The molecule has 0 spiro atoms. The molecule has 3 rings (SSSR count). The van der Waals surface area contributed by atoms with Crippen molar-refractivity contribution < 1.29 is 0 Å². The van der Waals surface area contributed by atoms with Crippen molar-refractivity contribution in [3.05, 3.63) is 71.1 Å². The van der Waals surface area contributed by atoms with E-state index in [0.29, 0.717) is 22.4 Å². The van der Waals surface area contributed by atoms with Crippen LogP contribution in [0.2, 0.25) is 0 Å². The molecule has 10 heteroatoms. The van der Waals surface area contributed by atoms with Crippen molar-refractivity contribution >= 4 is 23.8 Å². The number of aromatic nitrogens is 6. The van der Waals surface area contributed by atoms with Crippen molar-refractivity contribution in [3.8, 4) is 0 Å². The maximum absolute atomic E-state index is 4.13. The second kappa shape index (κ2) is 9.57. The Labute approximate surface area is 160 Å². The average Bonchev–Trinajstić information content (AvgIpc) is 2.75. The highest BCUT2D eigenvalue weighted by Crippen LogP contribution is 1.92. The van der Waals surface area contributed by atoms with E-state index in [9.17, 15) is 0 Å². The SMILES string of the molecule is CC(N/N=C/c1ccncc1)=c1nnc(=C(C)N/N=C/c2ccncc2)nn1. The Morgan fingerprint density at radius 2 is 1.04 bits per heavy atom. The van der Waals surface area contributed by atoms with Crippen molar-refractivity contribution in [2.45, 2.75) is 13.8 Å². The molecule has 140 valence electrons. The highest BCUT2D eigenvalue weighted by atomic mass is 15.3. The van der Waals surface area contributed by atoms with E-state index in [2.05, 4.69) is 51.4 Å². The van der Waals surface area contributed by atoms with Gasteiger partial charge >= 0.3 is 0 Å². The lowest BCUT2D eigenvalue weighted by atomic mass is 10.3. The van der Waals surface area contributed by atoms with E-state index in [4.69, 9.17) is 0 Å². The summed E-state index contributed by atoms with van der Waals surface area (Å²) in [7, 11) is 0. The van der Waals surface area contributed by atoms with Crippen molar-refractivity contribution in [1.82, 2.24) is 41.2 Å². The summed E-state index contributed by atoms with van der Waals surface area (Å²) < 4.78 is 0. The number of nitrogens with zero attached hydrogens (tertiary/aromatic N) is 8. The maximum atomic E-state index is 4.13. The second-order valence-corrected chi connectivity index (χ2v) is 5.60. The Hall–Kier alpha value is -4.08. The van der Waals surface area contributed by atoms with Gasteiger partial charge in [-0.1, -0.05) is 0 Å². The standard InChI is InChI=1S/C18H18N10/c1-13(23-21-11-15-3-7-19-8-4-15)17-25-27-18(28-26-17)14(2)24-22-12-16-5-9-20-10-6-16/h3-12,23-24H,1-2H3/b17-13?,18-14?,21-11+,22-12+. The molecule has 28 heavy (non-hydrogen) atoms. The van der Waals surface area contributed by atoms with Crippen LogP contribution in [0.1, 0.15) is 25.0 Å². The van der Waals surface area contributed by atoms with Crippen LogP contribution in [0.15, 0.2) is 59.3 Å². The fraction of sp³-hybridized carbons (Fsp3) is 0.111. The van der Waals surface area contributed by atoms with E-state index in [0.717, 1.165) is 11.1 Å². The van der Waals surface area contributed by atoms with E-state index < -0.39 is 0 Å². The van der Waals surface area contributed by atoms with Crippen molar-refractivity contribution in [1.29, 1.82) is 0 Å². The smallest absolute Gasteiger partial charge is 0.216 e. The number of hydrazone groups is 2. The molecule has 0 aliphatic carbocycles. The van der Waals surface area contributed by atoms with E-state index in [1.807, 2.05) is 24.3 Å². The lowest BCUT2D eigenvalue weighted by Crippen LogP contribution is -2.32. The molecule has 0 unspecified atom stereocenters. The molecule has 0 aliphatic heterocycles. The summed E-state index contributed by atoms with van der Waals surface area (Å²) in [6.45, 7) is 3.58. The molecule has 0 saturated carbocycles. The number of nitrogens with one attached hydrogen (secondary N) is 2. The van der Waals surface area contributed by atoms with Crippen LogP contribution in [-0.2, 0) is 0 Å². The van der Waals surface area contributed by atoms with E-state index in [1.54, 1.807) is 51.1 Å². The van der Waals surface area contributed by atoms with E-state index in [-0.39, 0.29) is 0 Å². The topological polar surface area (TPSA) is 126 Å². The molecule has 2 N–H and O–H groups in total. The van der Waals surface area contributed by atoms with Crippen LogP contribution in [0.5, 0.6) is 0 Å². The van der Waals surface area contributed by atoms with Gasteiger partial charge < -0.3 is 0 Å². The molecule has 3 aromatic heterocycles. The number of pyridine rings is 2. The summed E-state index contributed by atoms with van der Waals surface area (Å²) >= 11 is 0. The molecule has 3 heterocycles. The quantitative estimate of drug-likeness (QED) is 0.439. The first-order chi connectivity index (χ1) is 13.7. The van der Waals surface area contributed by atoms with Gasteiger partial charge in [-0.05, 0) is 49.2 Å².